The zero-order chi connectivity index (χ0) is 32.0. The van der Waals surface area contributed by atoms with E-state index in [1.54, 1.807) is 26.0 Å². The fraction of sp³-hybridized carbons (Fsp3) is 0.378. The number of benzene rings is 3. The van der Waals surface area contributed by atoms with Crippen molar-refractivity contribution < 1.29 is 19.2 Å². The molecule has 2 aliphatic rings. The zero-order valence-electron chi connectivity index (χ0n) is 26.3. The molecule has 1 fully saturated rings. The Labute approximate surface area is 265 Å². The van der Waals surface area contributed by atoms with Crippen LogP contribution in [0, 0.1) is 16.0 Å². The van der Waals surface area contributed by atoms with Gasteiger partial charge in [-0.25, -0.2) is 0 Å². The van der Waals surface area contributed by atoms with Crippen LogP contribution in [-0.2, 0) is 19.7 Å². The first kappa shape index (κ1) is 32.0. The smallest absolute Gasteiger partial charge is 0.315 e. The molecule has 0 aromatic heterocycles. The SMILES string of the molecule is COC(=O)C1C(C)=NC(C)=C(C(=O)CCCCN2CCC(c3ccccc3)(c3ccccc3)CC2)C1c1cccc([N+](=O)[O-])c1. The first-order chi connectivity index (χ1) is 21.7. The van der Waals surface area contributed by atoms with Crippen LogP contribution in [0.4, 0.5) is 5.69 Å². The van der Waals surface area contributed by atoms with Crippen LogP contribution in [0.1, 0.15) is 68.6 Å². The highest BCUT2D eigenvalue weighted by Gasteiger charge is 2.42. The Balaban J connectivity index is 1.25. The van der Waals surface area contributed by atoms with Crippen LogP contribution in [0.2, 0.25) is 0 Å². The molecule has 2 aliphatic heterocycles. The normalized spacial score (nSPS) is 19.9. The summed E-state index contributed by atoms with van der Waals surface area (Å²) in [6.45, 7) is 6.37. The second-order valence-corrected chi connectivity index (χ2v) is 12.1. The van der Waals surface area contributed by atoms with Crippen LogP contribution in [0.3, 0.4) is 0 Å². The van der Waals surface area contributed by atoms with Crippen molar-refractivity contribution >= 4 is 23.2 Å². The number of aliphatic imine (C=N–C) groups is 1. The summed E-state index contributed by atoms with van der Waals surface area (Å²) >= 11 is 0. The van der Waals surface area contributed by atoms with Gasteiger partial charge in [-0.3, -0.25) is 24.7 Å². The second-order valence-electron chi connectivity index (χ2n) is 12.1. The number of allylic oxidation sites excluding steroid dienone is 2. The number of unbranched alkanes of at least 4 members (excludes halogenated alkanes) is 1. The number of non-ortho nitro benzene ring substituents is 1. The van der Waals surface area contributed by atoms with Gasteiger partial charge in [0.25, 0.3) is 5.69 Å². The first-order valence-corrected chi connectivity index (χ1v) is 15.7. The molecule has 45 heavy (non-hydrogen) atoms. The number of methoxy groups -OCH3 is 1. The number of hydrogen-bond acceptors (Lipinski definition) is 7. The van der Waals surface area contributed by atoms with Crippen molar-refractivity contribution in [3.8, 4) is 0 Å². The van der Waals surface area contributed by atoms with Crippen LogP contribution < -0.4 is 0 Å². The quantitative estimate of drug-likeness (QED) is 0.100. The number of carbonyl (C=O) groups excluding carboxylic acids is 2. The van der Waals surface area contributed by atoms with Gasteiger partial charge in [-0.2, -0.15) is 0 Å². The molecule has 2 atom stereocenters. The van der Waals surface area contributed by atoms with Crippen LogP contribution in [-0.4, -0.2) is 54.0 Å². The van der Waals surface area contributed by atoms with E-state index >= 15 is 0 Å². The number of esters is 1. The molecule has 8 nitrogen and oxygen atoms in total. The molecule has 0 radical (unpaired) electrons. The van der Waals surface area contributed by atoms with Gasteiger partial charge in [0.05, 0.1) is 12.0 Å². The topological polar surface area (TPSA) is 102 Å². The van der Waals surface area contributed by atoms with Gasteiger partial charge >= 0.3 is 5.97 Å². The van der Waals surface area contributed by atoms with Crippen molar-refractivity contribution in [1.82, 2.24) is 4.90 Å². The predicted molar refractivity (Wildman–Crippen MR) is 175 cm³/mol. The molecule has 8 heteroatoms. The molecular weight excluding hydrogens is 566 g/mol. The van der Waals surface area contributed by atoms with E-state index in [0.29, 0.717) is 35.4 Å². The number of nitrogens with zero attached hydrogens (tertiary/aromatic N) is 3. The third-order valence-corrected chi connectivity index (χ3v) is 9.51. The molecule has 0 bridgehead atoms. The maximum atomic E-state index is 13.8. The van der Waals surface area contributed by atoms with Crippen LogP contribution in [0.25, 0.3) is 0 Å². The highest BCUT2D eigenvalue weighted by molar-refractivity contribution is 6.08. The van der Waals surface area contributed by atoms with E-state index in [1.165, 1.54) is 30.4 Å². The number of Topliss-reactive ketones (excluding diaryl/α,β-unsaturated/α-hetero) is 1. The molecule has 1 saturated heterocycles. The fourth-order valence-electron chi connectivity index (χ4n) is 7.20. The Hall–Kier alpha value is -4.43. The van der Waals surface area contributed by atoms with Crippen LogP contribution in [0.15, 0.2) is 101 Å². The summed E-state index contributed by atoms with van der Waals surface area (Å²) in [6.07, 6.45) is 3.94. The van der Waals surface area contributed by atoms with E-state index < -0.39 is 22.7 Å². The minimum atomic E-state index is -0.831. The summed E-state index contributed by atoms with van der Waals surface area (Å²) in [4.78, 5) is 44.9. The Kier molecular flexibility index (Phi) is 10.0. The monoisotopic (exact) mass is 607 g/mol. The van der Waals surface area contributed by atoms with Gasteiger partial charge in [0, 0.05) is 46.9 Å². The zero-order valence-corrected chi connectivity index (χ0v) is 26.3. The lowest BCUT2D eigenvalue weighted by atomic mass is 9.68. The molecule has 0 spiro atoms. The lowest BCUT2D eigenvalue weighted by molar-refractivity contribution is -0.384. The largest absolute Gasteiger partial charge is 0.468 e. The van der Waals surface area contributed by atoms with E-state index in [1.807, 2.05) is 0 Å². The Morgan fingerprint density at radius 1 is 0.933 bits per heavy atom. The average Bonchev–Trinajstić information content (AvgIpc) is 3.07. The summed E-state index contributed by atoms with van der Waals surface area (Å²) in [5, 5.41) is 11.5. The highest BCUT2D eigenvalue weighted by atomic mass is 16.6. The summed E-state index contributed by atoms with van der Waals surface area (Å²) in [6, 6.07) is 27.8. The van der Waals surface area contributed by atoms with Crippen molar-refractivity contribution in [3.05, 3.63) is 123 Å². The van der Waals surface area contributed by atoms with E-state index in [-0.39, 0.29) is 16.9 Å². The molecular formula is C37H41N3O5. The molecule has 0 N–H and O–H groups in total. The summed E-state index contributed by atoms with van der Waals surface area (Å²) in [7, 11) is 1.30. The van der Waals surface area contributed by atoms with E-state index in [2.05, 4.69) is 70.6 Å². The summed E-state index contributed by atoms with van der Waals surface area (Å²) in [5.74, 6) is -2.13. The van der Waals surface area contributed by atoms with Crippen LogP contribution >= 0.6 is 0 Å². The Morgan fingerprint density at radius 2 is 1.56 bits per heavy atom. The van der Waals surface area contributed by atoms with Gasteiger partial charge in [-0.05, 0) is 75.9 Å². The number of carbonyl (C=O) groups is 2. The standard InChI is InChI=1S/C37H41N3O5/c1-26-33(35(34(27(2)38-26)36(42)45-3)28-13-12-18-31(25-28)40(43)44)32(41)19-10-11-22-39-23-20-37(21-24-39,29-14-6-4-7-15-29)30-16-8-5-9-17-30/h4-9,12-18,25,34-35H,10-11,19-24H2,1-3H3. The molecule has 3 aromatic carbocycles. The molecule has 2 unspecified atom stereocenters. The minimum Gasteiger partial charge on any atom is -0.468 e. The maximum Gasteiger partial charge on any atom is 0.315 e. The average molecular weight is 608 g/mol. The Morgan fingerprint density at radius 3 is 2.13 bits per heavy atom. The molecule has 3 aromatic rings. The van der Waals surface area contributed by atoms with Gasteiger partial charge in [-0.15, -0.1) is 0 Å². The number of nitro groups is 1. The van der Waals surface area contributed by atoms with Crippen molar-refractivity contribution in [2.75, 3.05) is 26.7 Å². The van der Waals surface area contributed by atoms with Gasteiger partial charge in [0.2, 0.25) is 0 Å². The molecule has 2 heterocycles. The number of piperidine rings is 1. The molecule has 5 rings (SSSR count). The number of likely N-dealkylation sites (tertiary alicyclic amines) is 1. The predicted octanol–water partition coefficient (Wildman–Crippen LogP) is 7.04. The number of ketones is 1. The maximum absolute atomic E-state index is 13.8. The van der Waals surface area contributed by atoms with Crippen molar-refractivity contribution in [3.63, 3.8) is 0 Å². The summed E-state index contributed by atoms with van der Waals surface area (Å²) in [5.41, 5.74) is 4.66. The van der Waals surface area contributed by atoms with Gasteiger partial charge in [0.15, 0.2) is 5.78 Å². The number of ether oxygens (including phenoxy) is 1. The van der Waals surface area contributed by atoms with Gasteiger partial charge in [0.1, 0.15) is 5.92 Å². The number of nitro benzene ring substituents is 1. The van der Waals surface area contributed by atoms with E-state index in [9.17, 15) is 19.7 Å². The minimum absolute atomic E-state index is 0.00365. The highest BCUT2D eigenvalue weighted by Crippen LogP contribution is 2.43. The third-order valence-electron chi connectivity index (χ3n) is 9.51. The van der Waals surface area contributed by atoms with E-state index in [0.717, 1.165) is 38.9 Å². The molecule has 0 saturated carbocycles. The van der Waals surface area contributed by atoms with Crippen molar-refractivity contribution in [2.24, 2.45) is 10.9 Å². The summed E-state index contributed by atoms with van der Waals surface area (Å²) < 4.78 is 5.10. The first-order valence-electron chi connectivity index (χ1n) is 15.7. The lowest BCUT2D eigenvalue weighted by Gasteiger charge is -2.43. The van der Waals surface area contributed by atoms with Gasteiger partial charge < -0.3 is 9.64 Å². The third kappa shape index (κ3) is 6.81. The van der Waals surface area contributed by atoms with Crippen molar-refractivity contribution in [1.29, 1.82) is 0 Å². The number of rotatable bonds is 11. The lowest BCUT2D eigenvalue weighted by Crippen LogP contribution is -2.43. The molecule has 0 aliphatic carbocycles. The van der Waals surface area contributed by atoms with E-state index in [4.69, 9.17) is 4.74 Å². The Bertz CT molecular complexity index is 1550. The van der Waals surface area contributed by atoms with Gasteiger partial charge in [-0.1, -0.05) is 72.8 Å². The van der Waals surface area contributed by atoms with Crippen molar-refractivity contribution in [2.45, 2.75) is 57.3 Å². The molecule has 234 valence electrons. The number of hydrogen-bond donors (Lipinski definition) is 0. The second kappa shape index (κ2) is 14.1. The fourth-order valence-corrected chi connectivity index (χ4v) is 7.20. The van der Waals surface area contributed by atoms with Crippen LogP contribution in [0.5, 0.6) is 0 Å². The molecule has 0 amide bonds.